The molecule has 0 N–H and O–H groups in total. The molecule has 1 aliphatic heterocycles. The Labute approximate surface area is 107 Å². The first-order chi connectivity index (χ1) is 8.49. The average Bonchev–Trinajstić information content (AvgIpc) is 2.28. The molecule has 0 aromatic carbocycles. The molecule has 1 aromatic rings. The van der Waals surface area contributed by atoms with Gasteiger partial charge in [0.1, 0.15) is 5.78 Å². The molecule has 2 heterocycles. The number of hydrogen-bond donors (Lipinski definition) is 0. The fourth-order valence-corrected chi connectivity index (χ4v) is 2.42. The number of likely N-dealkylation sites (tertiary alicyclic amines) is 1. The van der Waals surface area contributed by atoms with Crippen LogP contribution >= 0.6 is 0 Å². The number of carbonyl (C=O) groups is 2. The van der Waals surface area contributed by atoms with Crippen LogP contribution in [0.25, 0.3) is 0 Å². The number of pyridine rings is 1. The number of rotatable bonds is 2. The minimum atomic E-state index is -0.374. The molecule has 4 nitrogen and oxygen atoms in total. The van der Waals surface area contributed by atoms with Crippen LogP contribution in [-0.4, -0.2) is 33.7 Å². The van der Waals surface area contributed by atoms with Crippen molar-refractivity contribution in [1.82, 2.24) is 9.88 Å². The Bertz CT molecular complexity index is 454. The van der Waals surface area contributed by atoms with E-state index in [-0.39, 0.29) is 17.2 Å². The predicted molar refractivity (Wildman–Crippen MR) is 68.0 cm³/mol. The predicted octanol–water partition coefficient (Wildman–Crippen LogP) is 1.59. The molecule has 1 aliphatic rings. The van der Waals surface area contributed by atoms with Crippen LogP contribution in [0.2, 0.25) is 0 Å². The van der Waals surface area contributed by atoms with Crippen molar-refractivity contribution in [2.24, 2.45) is 0 Å². The maximum Gasteiger partial charge on any atom is 0.229 e. The van der Waals surface area contributed by atoms with E-state index < -0.39 is 0 Å². The van der Waals surface area contributed by atoms with E-state index in [9.17, 15) is 9.59 Å². The zero-order valence-electron chi connectivity index (χ0n) is 10.8. The highest BCUT2D eigenvalue weighted by Crippen LogP contribution is 2.25. The second kappa shape index (κ2) is 4.88. The molecule has 0 radical (unpaired) electrons. The van der Waals surface area contributed by atoms with Crippen molar-refractivity contribution >= 4 is 11.7 Å². The number of aromatic nitrogens is 1. The fourth-order valence-electron chi connectivity index (χ4n) is 2.42. The lowest BCUT2D eigenvalue weighted by Crippen LogP contribution is -2.53. The molecular formula is C14H18N2O2. The maximum absolute atomic E-state index is 12.3. The first-order valence-corrected chi connectivity index (χ1v) is 6.21. The van der Waals surface area contributed by atoms with E-state index in [1.54, 1.807) is 6.20 Å². The van der Waals surface area contributed by atoms with Crippen molar-refractivity contribution < 1.29 is 9.59 Å². The van der Waals surface area contributed by atoms with Gasteiger partial charge in [-0.15, -0.1) is 0 Å². The number of amides is 1. The van der Waals surface area contributed by atoms with Gasteiger partial charge in [0, 0.05) is 36.8 Å². The molecule has 0 bridgehead atoms. The van der Waals surface area contributed by atoms with Gasteiger partial charge in [0.25, 0.3) is 0 Å². The summed E-state index contributed by atoms with van der Waals surface area (Å²) in [4.78, 5) is 29.7. The van der Waals surface area contributed by atoms with Crippen LogP contribution in [0.1, 0.15) is 32.4 Å². The third kappa shape index (κ3) is 2.75. The Balaban J connectivity index is 2.07. The normalized spacial score (nSPS) is 18.8. The summed E-state index contributed by atoms with van der Waals surface area (Å²) in [7, 11) is 0. The van der Waals surface area contributed by atoms with Gasteiger partial charge in [0.05, 0.1) is 6.42 Å². The van der Waals surface area contributed by atoms with Crippen LogP contribution in [0, 0.1) is 0 Å². The number of hydrogen-bond acceptors (Lipinski definition) is 3. The summed E-state index contributed by atoms with van der Waals surface area (Å²) in [5.74, 6) is 0.285. The summed E-state index contributed by atoms with van der Waals surface area (Å²) in [5, 5.41) is 0. The molecule has 1 aromatic heterocycles. The van der Waals surface area contributed by atoms with Gasteiger partial charge >= 0.3 is 0 Å². The highest BCUT2D eigenvalue weighted by molar-refractivity contribution is 5.85. The molecule has 1 saturated heterocycles. The minimum Gasteiger partial charge on any atom is -0.336 e. The Hall–Kier alpha value is -1.71. The van der Waals surface area contributed by atoms with Gasteiger partial charge in [-0.05, 0) is 26.0 Å². The van der Waals surface area contributed by atoms with Crippen molar-refractivity contribution in [2.75, 3.05) is 6.54 Å². The molecule has 0 atom stereocenters. The Morgan fingerprint density at radius 2 is 2.22 bits per heavy atom. The van der Waals surface area contributed by atoms with Gasteiger partial charge in [0.15, 0.2) is 0 Å². The van der Waals surface area contributed by atoms with Gasteiger partial charge in [-0.2, -0.15) is 0 Å². The lowest BCUT2D eigenvalue weighted by Gasteiger charge is -2.41. The van der Waals surface area contributed by atoms with E-state index in [4.69, 9.17) is 0 Å². The summed E-state index contributed by atoms with van der Waals surface area (Å²) in [6.45, 7) is 4.41. The molecule has 4 heteroatoms. The smallest absolute Gasteiger partial charge is 0.229 e. The van der Waals surface area contributed by atoms with E-state index in [2.05, 4.69) is 4.98 Å². The molecular weight excluding hydrogens is 228 g/mol. The minimum absolute atomic E-state index is 0.0474. The van der Waals surface area contributed by atoms with Gasteiger partial charge in [-0.1, -0.05) is 6.07 Å². The van der Waals surface area contributed by atoms with Gasteiger partial charge in [0.2, 0.25) is 5.91 Å². The van der Waals surface area contributed by atoms with E-state index in [0.29, 0.717) is 25.8 Å². The Morgan fingerprint density at radius 3 is 2.83 bits per heavy atom. The number of Topliss-reactive ketones (excluding diaryl/α,β-unsaturated/α-hetero) is 1. The summed E-state index contributed by atoms with van der Waals surface area (Å²) < 4.78 is 0. The SMILES string of the molecule is CC1(C)CC(=O)CCN1C(=O)Cc1ccccn1. The zero-order valence-corrected chi connectivity index (χ0v) is 10.8. The maximum atomic E-state index is 12.3. The molecule has 0 unspecified atom stereocenters. The van der Waals surface area contributed by atoms with Crippen LogP contribution in [-0.2, 0) is 16.0 Å². The molecule has 0 saturated carbocycles. The largest absolute Gasteiger partial charge is 0.336 e. The second-order valence-corrected chi connectivity index (χ2v) is 5.32. The number of carbonyl (C=O) groups excluding carboxylic acids is 2. The molecule has 0 spiro atoms. The summed E-state index contributed by atoms with van der Waals surface area (Å²) in [6.07, 6.45) is 2.91. The van der Waals surface area contributed by atoms with E-state index in [1.807, 2.05) is 36.9 Å². The van der Waals surface area contributed by atoms with Crippen LogP contribution < -0.4 is 0 Å². The fraction of sp³-hybridized carbons (Fsp3) is 0.500. The van der Waals surface area contributed by atoms with Crippen LogP contribution in [0.3, 0.4) is 0 Å². The summed E-state index contributed by atoms with van der Waals surface area (Å²) in [6, 6.07) is 5.55. The highest BCUT2D eigenvalue weighted by atomic mass is 16.2. The Kier molecular flexibility index (Phi) is 3.45. The van der Waals surface area contributed by atoms with E-state index in [0.717, 1.165) is 5.69 Å². The standard InChI is InChI=1S/C14H18N2O2/c1-14(2)10-12(17)6-8-16(14)13(18)9-11-5-3-4-7-15-11/h3-5,7H,6,8-10H2,1-2H3. The van der Waals surface area contributed by atoms with Crippen molar-refractivity contribution in [3.8, 4) is 0 Å². The Morgan fingerprint density at radius 1 is 1.44 bits per heavy atom. The first kappa shape index (κ1) is 12.7. The zero-order chi connectivity index (χ0) is 13.2. The molecule has 18 heavy (non-hydrogen) atoms. The third-order valence-corrected chi connectivity index (χ3v) is 3.33. The van der Waals surface area contributed by atoms with E-state index >= 15 is 0 Å². The van der Waals surface area contributed by atoms with Crippen LogP contribution in [0.4, 0.5) is 0 Å². The van der Waals surface area contributed by atoms with Gasteiger partial charge in [-0.3, -0.25) is 14.6 Å². The number of nitrogens with zero attached hydrogens (tertiary/aromatic N) is 2. The average molecular weight is 246 g/mol. The monoisotopic (exact) mass is 246 g/mol. The van der Waals surface area contributed by atoms with Crippen molar-refractivity contribution in [1.29, 1.82) is 0 Å². The highest BCUT2D eigenvalue weighted by Gasteiger charge is 2.36. The topological polar surface area (TPSA) is 50.3 Å². The lowest BCUT2D eigenvalue weighted by molar-refractivity contribution is -0.141. The quantitative estimate of drug-likeness (QED) is 0.796. The summed E-state index contributed by atoms with van der Waals surface area (Å²) in [5.41, 5.74) is 0.400. The van der Waals surface area contributed by atoms with Gasteiger partial charge in [-0.25, -0.2) is 0 Å². The lowest BCUT2D eigenvalue weighted by atomic mass is 9.89. The third-order valence-electron chi connectivity index (χ3n) is 3.33. The number of piperidine rings is 1. The number of ketones is 1. The van der Waals surface area contributed by atoms with Crippen molar-refractivity contribution in [3.05, 3.63) is 30.1 Å². The molecule has 2 rings (SSSR count). The van der Waals surface area contributed by atoms with Gasteiger partial charge < -0.3 is 4.90 Å². The van der Waals surface area contributed by atoms with Crippen LogP contribution in [0.5, 0.6) is 0 Å². The molecule has 96 valence electrons. The first-order valence-electron chi connectivity index (χ1n) is 6.21. The van der Waals surface area contributed by atoms with Crippen molar-refractivity contribution in [2.45, 2.75) is 38.6 Å². The molecule has 1 fully saturated rings. The molecule has 0 aliphatic carbocycles. The van der Waals surface area contributed by atoms with Crippen LogP contribution in [0.15, 0.2) is 24.4 Å². The van der Waals surface area contributed by atoms with Crippen molar-refractivity contribution in [3.63, 3.8) is 0 Å². The van der Waals surface area contributed by atoms with E-state index in [1.165, 1.54) is 0 Å². The summed E-state index contributed by atoms with van der Waals surface area (Å²) >= 11 is 0. The second-order valence-electron chi connectivity index (χ2n) is 5.32. The molecule has 1 amide bonds.